The van der Waals surface area contributed by atoms with Crippen molar-refractivity contribution < 1.29 is 13.9 Å². The van der Waals surface area contributed by atoms with Crippen LogP contribution in [0.1, 0.15) is 51.6 Å². The summed E-state index contributed by atoms with van der Waals surface area (Å²) >= 11 is 6.61. The van der Waals surface area contributed by atoms with Crippen molar-refractivity contribution in [3.63, 3.8) is 0 Å². The SMILES string of the molecule is Cn1cnnc1[C@H](c1cccc(N2Cc3c(Cl)cc(CNCC4CC4)cc3C2=O)c1)C1(F)COC1. The zero-order valence-corrected chi connectivity index (χ0v) is 20.3. The van der Waals surface area contributed by atoms with Gasteiger partial charge in [0.25, 0.3) is 5.91 Å². The summed E-state index contributed by atoms with van der Waals surface area (Å²) in [6.07, 6.45) is 4.14. The zero-order chi connectivity index (χ0) is 24.2. The van der Waals surface area contributed by atoms with E-state index in [1.807, 2.05) is 36.4 Å². The molecule has 1 saturated carbocycles. The number of nitrogens with one attached hydrogen (secondary N) is 1. The molecule has 6 rings (SSSR count). The number of alkyl halides is 1. The fourth-order valence-electron chi connectivity index (χ4n) is 5.04. The molecule has 2 fully saturated rings. The van der Waals surface area contributed by atoms with Gasteiger partial charge in [-0.2, -0.15) is 0 Å². The first kappa shape index (κ1) is 22.6. The van der Waals surface area contributed by atoms with E-state index in [9.17, 15) is 4.79 Å². The molecule has 1 saturated heterocycles. The van der Waals surface area contributed by atoms with E-state index < -0.39 is 11.6 Å². The van der Waals surface area contributed by atoms with E-state index in [4.69, 9.17) is 16.3 Å². The van der Waals surface area contributed by atoms with Crippen LogP contribution in [-0.2, 0) is 24.9 Å². The highest BCUT2D eigenvalue weighted by atomic mass is 35.5. The van der Waals surface area contributed by atoms with Crippen LogP contribution in [0.3, 0.4) is 0 Å². The third-order valence-corrected chi connectivity index (χ3v) is 7.56. The fraction of sp³-hybridized carbons (Fsp3) is 0.423. The number of fused-ring (bicyclic) bond motifs is 1. The molecule has 9 heteroatoms. The summed E-state index contributed by atoms with van der Waals surface area (Å²) in [6.45, 7) is 2.05. The summed E-state index contributed by atoms with van der Waals surface area (Å²) in [7, 11) is 1.80. The second-order valence-corrected chi connectivity index (χ2v) is 10.3. The molecule has 0 spiro atoms. The first-order valence-electron chi connectivity index (χ1n) is 12.0. The number of halogens is 2. The molecule has 2 aromatic carbocycles. The molecule has 182 valence electrons. The summed E-state index contributed by atoms with van der Waals surface area (Å²) in [6, 6.07) is 11.3. The molecular formula is C26H27ClFN5O2. The maximum atomic E-state index is 15.7. The molecule has 1 N–H and O–H groups in total. The minimum atomic E-state index is -1.58. The molecule has 3 aromatic rings. The lowest BCUT2D eigenvalue weighted by atomic mass is 9.81. The molecule has 1 amide bonds. The van der Waals surface area contributed by atoms with Crippen molar-refractivity contribution >= 4 is 23.2 Å². The first-order chi connectivity index (χ1) is 16.9. The Morgan fingerprint density at radius 2 is 2.11 bits per heavy atom. The number of carbonyl (C=O) groups is 1. The van der Waals surface area contributed by atoms with Crippen LogP contribution < -0.4 is 10.2 Å². The molecule has 3 heterocycles. The predicted molar refractivity (Wildman–Crippen MR) is 130 cm³/mol. The standard InChI is InChI=1S/C26H27ClFN5O2/c1-32-15-30-31-24(32)23(26(28)13-35-14-26)18-3-2-4-19(9-18)33-12-21-20(25(33)34)7-17(8-22(21)27)11-29-10-16-5-6-16/h2-4,7-9,15-16,23,29H,5-6,10-14H2,1H3/t23-/m0/s1. The Labute approximate surface area is 208 Å². The summed E-state index contributed by atoms with van der Waals surface area (Å²) < 4.78 is 22.7. The lowest BCUT2D eigenvalue weighted by molar-refractivity contribution is -0.139. The molecule has 7 nitrogen and oxygen atoms in total. The Morgan fingerprint density at radius 3 is 2.80 bits per heavy atom. The molecule has 3 aliphatic rings. The van der Waals surface area contributed by atoms with Crippen LogP contribution >= 0.6 is 11.6 Å². The van der Waals surface area contributed by atoms with Crippen LogP contribution in [0.5, 0.6) is 0 Å². The van der Waals surface area contributed by atoms with Crippen molar-refractivity contribution in [2.45, 2.75) is 37.5 Å². The molecule has 2 aliphatic heterocycles. The van der Waals surface area contributed by atoms with E-state index in [2.05, 4.69) is 15.5 Å². The number of nitrogens with zero attached hydrogens (tertiary/aromatic N) is 4. The zero-order valence-electron chi connectivity index (χ0n) is 19.5. The van der Waals surface area contributed by atoms with Crippen LogP contribution in [0.25, 0.3) is 0 Å². The monoisotopic (exact) mass is 495 g/mol. The smallest absolute Gasteiger partial charge is 0.258 e. The summed E-state index contributed by atoms with van der Waals surface area (Å²) in [5, 5.41) is 12.2. The van der Waals surface area contributed by atoms with Crippen molar-refractivity contribution in [3.05, 3.63) is 75.8 Å². The van der Waals surface area contributed by atoms with Crippen LogP contribution in [0, 0.1) is 5.92 Å². The lowest BCUT2D eigenvalue weighted by Crippen LogP contribution is -2.51. The normalized spacial score (nSPS) is 19.5. The largest absolute Gasteiger partial charge is 0.375 e. The van der Waals surface area contributed by atoms with Crippen LogP contribution in [0.15, 0.2) is 42.7 Å². The number of benzene rings is 2. The molecule has 35 heavy (non-hydrogen) atoms. The molecular weight excluding hydrogens is 469 g/mol. The number of hydrogen-bond donors (Lipinski definition) is 1. The van der Waals surface area contributed by atoms with Crippen LogP contribution in [0.2, 0.25) is 5.02 Å². The number of anilines is 1. The van der Waals surface area contributed by atoms with E-state index in [0.717, 1.165) is 29.2 Å². The van der Waals surface area contributed by atoms with Gasteiger partial charge in [0.2, 0.25) is 0 Å². The number of carbonyl (C=O) groups excluding carboxylic acids is 1. The molecule has 1 aromatic heterocycles. The third kappa shape index (κ3) is 4.13. The predicted octanol–water partition coefficient (Wildman–Crippen LogP) is 4.00. The number of aryl methyl sites for hydroxylation is 1. The minimum Gasteiger partial charge on any atom is -0.375 e. The van der Waals surface area contributed by atoms with Gasteiger partial charge in [-0.15, -0.1) is 10.2 Å². The van der Waals surface area contributed by atoms with E-state index in [1.54, 1.807) is 22.8 Å². The van der Waals surface area contributed by atoms with E-state index in [0.29, 0.717) is 35.2 Å². The Bertz CT molecular complexity index is 1290. The Kier molecular flexibility index (Phi) is 5.62. The second kappa shape index (κ2) is 8.69. The van der Waals surface area contributed by atoms with E-state index >= 15 is 4.39 Å². The van der Waals surface area contributed by atoms with Crippen molar-refractivity contribution in [3.8, 4) is 0 Å². The third-order valence-electron chi connectivity index (χ3n) is 7.23. The van der Waals surface area contributed by atoms with Crippen molar-refractivity contribution in [1.82, 2.24) is 20.1 Å². The molecule has 0 radical (unpaired) electrons. The maximum absolute atomic E-state index is 15.7. The van der Waals surface area contributed by atoms with Gasteiger partial charge in [0, 0.05) is 35.4 Å². The summed E-state index contributed by atoms with van der Waals surface area (Å²) in [5.74, 6) is 0.553. The van der Waals surface area contributed by atoms with Crippen LogP contribution in [-0.4, -0.2) is 46.1 Å². The number of amides is 1. The number of aromatic nitrogens is 3. The number of ether oxygens (including phenoxy) is 1. The topological polar surface area (TPSA) is 72.3 Å². The average Bonchev–Trinajstić information content (AvgIpc) is 3.46. The minimum absolute atomic E-state index is 0.00396. The highest BCUT2D eigenvalue weighted by Crippen LogP contribution is 2.43. The van der Waals surface area contributed by atoms with Crippen LogP contribution in [0.4, 0.5) is 10.1 Å². The molecule has 1 atom stereocenters. The highest BCUT2D eigenvalue weighted by molar-refractivity contribution is 6.32. The molecule has 0 unspecified atom stereocenters. The molecule has 1 aliphatic carbocycles. The van der Waals surface area contributed by atoms with Gasteiger partial charge in [-0.05, 0) is 60.7 Å². The summed E-state index contributed by atoms with van der Waals surface area (Å²) in [4.78, 5) is 15.2. The maximum Gasteiger partial charge on any atom is 0.258 e. The average molecular weight is 496 g/mol. The van der Waals surface area contributed by atoms with Gasteiger partial charge in [0.05, 0.1) is 25.7 Å². The van der Waals surface area contributed by atoms with Crippen molar-refractivity contribution in [2.75, 3.05) is 24.7 Å². The number of hydrogen-bond acceptors (Lipinski definition) is 5. The van der Waals surface area contributed by atoms with Gasteiger partial charge in [-0.1, -0.05) is 23.7 Å². The second-order valence-electron chi connectivity index (χ2n) is 9.92. The van der Waals surface area contributed by atoms with Crippen molar-refractivity contribution in [2.24, 2.45) is 13.0 Å². The highest BCUT2D eigenvalue weighted by Gasteiger charge is 2.50. The number of rotatable bonds is 8. The first-order valence-corrected chi connectivity index (χ1v) is 12.3. The van der Waals surface area contributed by atoms with Gasteiger partial charge in [0.1, 0.15) is 12.2 Å². The van der Waals surface area contributed by atoms with E-state index in [-0.39, 0.29) is 19.1 Å². The van der Waals surface area contributed by atoms with Crippen molar-refractivity contribution in [1.29, 1.82) is 0 Å². The lowest BCUT2D eigenvalue weighted by Gasteiger charge is -2.40. The fourth-order valence-corrected chi connectivity index (χ4v) is 5.34. The Balaban J connectivity index is 1.29. The quantitative estimate of drug-likeness (QED) is 0.511. The van der Waals surface area contributed by atoms with Gasteiger partial charge in [0.15, 0.2) is 5.67 Å². The van der Waals surface area contributed by atoms with Gasteiger partial charge >= 0.3 is 0 Å². The Hall–Kier alpha value is -2.81. The van der Waals surface area contributed by atoms with E-state index in [1.165, 1.54) is 12.8 Å². The summed E-state index contributed by atoms with van der Waals surface area (Å²) in [5.41, 5.74) is 2.30. The van der Waals surface area contributed by atoms with Gasteiger partial charge in [-0.3, -0.25) is 4.79 Å². The molecule has 0 bridgehead atoms. The Morgan fingerprint density at radius 1 is 1.29 bits per heavy atom. The van der Waals surface area contributed by atoms with Gasteiger partial charge in [-0.25, -0.2) is 4.39 Å². The van der Waals surface area contributed by atoms with Gasteiger partial charge < -0.3 is 19.5 Å².